The summed E-state index contributed by atoms with van der Waals surface area (Å²) in [6.07, 6.45) is 33.4. The highest BCUT2D eigenvalue weighted by molar-refractivity contribution is 7.45. The number of phosphoric acid groups is 1. The van der Waals surface area contributed by atoms with Gasteiger partial charge in [-0.3, -0.25) is 9.36 Å². The van der Waals surface area contributed by atoms with Gasteiger partial charge in [-0.05, 0) is 12.8 Å². The lowest BCUT2D eigenvalue weighted by Crippen LogP contribution is -2.46. The van der Waals surface area contributed by atoms with Crippen molar-refractivity contribution in [3.05, 3.63) is 0 Å². The van der Waals surface area contributed by atoms with Crippen molar-refractivity contribution in [2.24, 2.45) is 0 Å². The zero-order valence-corrected chi connectivity index (χ0v) is 33.4. The maximum absolute atomic E-state index is 12.5. The SMILES string of the molecule is CCCCCCCCCCCCCCCCCCCCCCCCCC(O)C(COP(=O)([O-])OCC[N+](C)(C)C)NC(=O)CCCCC. The summed E-state index contributed by atoms with van der Waals surface area (Å²) in [5.74, 6) is -0.188. The number of quaternary nitrogens is 1. The van der Waals surface area contributed by atoms with Crippen LogP contribution >= 0.6 is 7.82 Å². The fraction of sp³-hybridized carbons (Fsp3) is 0.974. The van der Waals surface area contributed by atoms with Gasteiger partial charge in [-0.25, -0.2) is 0 Å². The molecule has 0 rings (SSSR count). The minimum absolute atomic E-state index is 0.0143. The van der Waals surface area contributed by atoms with Gasteiger partial charge in [-0.15, -0.1) is 0 Å². The molecule has 0 radical (unpaired) electrons. The topological polar surface area (TPSA) is 108 Å². The third kappa shape index (κ3) is 34.0. The van der Waals surface area contributed by atoms with E-state index < -0.39 is 20.0 Å². The molecule has 1 amide bonds. The molecule has 9 heteroatoms. The van der Waals surface area contributed by atoms with Crippen LogP contribution in [0.1, 0.15) is 194 Å². The van der Waals surface area contributed by atoms with Gasteiger partial charge in [0.15, 0.2) is 0 Å². The van der Waals surface area contributed by atoms with Crippen molar-refractivity contribution < 1.29 is 32.9 Å². The van der Waals surface area contributed by atoms with Crippen LogP contribution in [-0.4, -0.2) is 68.5 Å². The number of rotatable bonds is 37. The van der Waals surface area contributed by atoms with Gasteiger partial charge in [0.2, 0.25) is 5.91 Å². The third-order valence-electron chi connectivity index (χ3n) is 9.35. The average molecular weight is 705 g/mol. The summed E-state index contributed by atoms with van der Waals surface area (Å²) in [6, 6.07) is -0.789. The molecule has 0 saturated heterocycles. The molecule has 0 aliphatic heterocycles. The number of nitrogens with one attached hydrogen (secondary N) is 1. The van der Waals surface area contributed by atoms with Crippen LogP contribution in [0, 0.1) is 0 Å². The van der Waals surface area contributed by atoms with Crippen molar-refractivity contribution >= 4 is 13.7 Å². The molecule has 3 atom stereocenters. The van der Waals surface area contributed by atoms with E-state index in [2.05, 4.69) is 19.2 Å². The summed E-state index contributed by atoms with van der Waals surface area (Å²) in [6.45, 7) is 4.55. The molecular weight excluding hydrogens is 623 g/mol. The number of hydrogen-bond acceptors (Lipinski definition) is 6. The molecule has 3 unspecified atom stereocenters. The van der Waals surface area contributed by atoms with Gasteiger partial charge in [-0.1, -0.05) is 174 Å². The monoisotopic (exact) mass is 705 g/mol. The van der Waals surface area contributed by atoms with Crippen molar-refractivity contribution in [3.8, 4) is 0 Å². The lowest BCUT2D eigenvalue weighted by Gasteiger charge is -2.30. The zero-order chi connectivity index (χ0) is 35.8. The first-order chi connectivity index (χ1) is 23.0. The van der Waals surface area contributed by atoms with Crippen molar-refractivity contribution in [2.75, 3.05) is 40.9 Å². The molecule has 8 nitrogen and oxygen atoms in total. The van der Waals surface area contributed by atoms with E-state index >= 15 is 0 Å². The second-order valence-corrected chi connectivity index (χ2v) is 16.8. The number of amides is 1. The highest BCUT2D eigenvalue weighted by atomic mass is 31.2. The normalized spacial score (nSPS) is 14.6. The standard InChI is InChI=1S/C39H81N2O6P/c1-6-8-10-11-12-13-14-15-16-17-18-19-20-21-22-23-24-25-26-27-28-29-31-32-38(42)37(40-39(43)33-30-9-7-2)36-47-48(44,45)46-35-34-41(3,4)5/h37-38,42H,6-36H2,1-5H3,(H-,40,43,44,45). The molecule has 0 spiro atoms. The molecule has 0 aliphatic carbocycles. The van der Waals surface area contributed by atoms with Gasteiger partial charge in [0.05, 0.1) is 39.9 Å². The van der Waals surface area contributed by atoms with Crippen molar-refractivity contribution in [1.82, 2.24) is 5.32 Å². The summed E-state index contributed by atoms with van der Waals surface area (Å²) in [5.41, 5.74) is 0. The van der Waals surface area contributed by atoms with Crippen LogP contribution in [0.3, 0.4) is 0 Å². The number of hydrogen-bond donors (Lipinski definition) is 2. The molecule has 0 saturated carbocycles. The Kier molecular flexibility index (Phi) is 32.1. The van der Waals surface area contributed by atoms with Gasteiger partial charge in [-0.2, -0.15) is 0 Å². The van der Waals surface area contributed by atoms with Crippen molar-refractivity contribution in [3.63, 3.8) is 0 Å². The molecular formula is C39H81N2O6P. The number of nitrogens with zero attached hydrogens (tertiary/aromatic N) is 1. The first-order valence-corrected chi connectivity index (χ1v) is 21.8. The van der Waals surface area contributed by atoms with E-state index in [-0.39, 0.29) is 19.1 Å². The summed E-state index contributed by atoms with van der Waals surface area (Å²) >= 11 is 0. The molecule has 0 heterocycles. The summed E-state index contributed by atoms with van der Waals surface area (Å²) in [4.78, 5) is 24.7. The predicted octanol–water partition coefficient (Wildman–Crippen LogP) is 10.0. The predicted molar refractivity (Wildman–Crippen MR) is 201 cm³/mol. The minimum atomic E-state index is -4.53. The van der Waals surface area contributed by atoms with E-state index in [0.717, 1.165) is 38.5 Å². The van der Waals surface area contributed by atoms with Crippen LogP contribution in [0.4, 0.5) is 0 Å². The summed E-state index contributed by atoms with van der Waals surface area (Å²) in [7, 11) is 1.31. The molecule has 0 bridgehead atoms. The number of unbranched alkanes of at least 4 members (excludes halogenated alkanes) is 24. The molecule has 0 aliphatic rings. The Morgan fingerprint density at radius 1 is 0.646 bits per heavy atom. The Hall–Kier alpha value is -0.500. The molecule has 0 aromatic carbocycles. The molecule has 48 heavy (non-hydrogen) atoms. The van der Waals surface area contributed by atoms with Gasteiger partial charge < -0.3 is 28.8 Å². The Morgan fingerprint density at radius 3 is 1.42 bits per heavy atom. The van der Waals surface area contributed by atoms with Crippen molar-refractivity contribution in [1.29, 1.82) is 0 Å². The van der Waals surface area contributed by atoms with E-state index in [1.54, 1.807) is 0 Å². The van der Waals surface area contributed by atoms with Gasteiger partial charge in [0, 0.05) is 6.42 Å². The number of likely N-dealkylation sites (N-methyl/N-ethyl adjacent to an activating group) is 1. The van der Waals surface area contributed by atoms with Gasteiger partial charge in [0.25, 0.3) is 7.82 Å². The largest absolute Gasteiger partial charge is 0.756 e. The van der Waals surface area contributed by atoms with Crippen LogP contribution in [-0.2, 0) is 18.4 Å². The van der Waals surface area contributed by atoms with Gasteiger partial charge >= 0.3 is 0 Å². The molecule has 0 aromatic heterocycles. The van der Waals surface area contributed by atoms with E-state index in [9.17, 15) is 19.4 Å². The maximum atomic E-state index is 12.5. The molecule has 0 fully saturated rings. The average Bonchev–Trinajstić information content (AvgIpc) is 3.02. The van der Waals surface area contributed by atoms with Crippen LogP contribution < -0.4 is 10.2 Å². The first-order valence-electron chi connectivity index (χ1n) is 20.4. The van der Waals surface area contributed by atoms with Crippen LogP contribution in [0.25, 0.3) is 0 Å². The molecule has 2 N–H and O–H groups in total. The van der Waals surface area contributed by atoms with Gasteiger partial charge in [0.1, 0.15) is 13.2 Å². The third-order valence-corrected chi connectivity index (χ3v) is 10.3. The highest BCUT2D eigenvalue weighted by Gasteiger charge is 2.24. The quantitative estimate of drug-likeness (QED) is 0.0379. The first kappa shape index (κ1) is 47.5. The number of aliphatic hydroxyl groups excluding tert-OH is 1. The van der Waals surface area contributed by atoms with E-state index in [1.165, 1.54) is 128 Å². The number of carbonyl (C=O) groups is 1. The Balaban J connectivity index is 3.94. The summed E-state index contributed by atoms with van der Waals surface area (Å²) in [5, 5.41) is 13.7. The Bertz CT molecular complexity index is 763. The molecule has 0 aromatic rings. The number of aliphatic hydroxyl groups is 1. The molecule has 288 valence electrons. The zero-order valence-electron chi connectivity index (χ0n) is 32.5. The van der Waals surface area contributed by atoms with E-state index in [0.29, 0.717) is 23.9 Å². The van der Waals surface area contributed by atoms with E-state index in [4.69, 9.17) is 9.05 Å². The Labute approximate surface area is 298 Å². The Morgan fingerprint density at radius 2 is 1.02 bits per heavy atom. The lowest BCUT2D eigenvalue weighted by atomic mass is 10.0. The smallest absolute Gasteiger partial charge is 0.268 e. The van der Waals surface area contributed by atoms with Crippen molar-refractivity contribution in [2.45, 2.75) is 206 Å². The minimum Gasteiger partial charge on any atom is -0.756 e. The number of carbonyl (C=O) groups excluding carboxylic acids is 1. The van der Waals surface area contributed by atoms with E-state index in [1.807, 2.05) is 21.1 Å². The second-order valence-electron chi connectivity index (χ2n) is 15.4. The van der Waals surface area contributed by atoms with Crippen LogP contribution in [0.5, 0.6) is 0 Å². The fourth-order valence-electron chi connectivity index (χ4n) is 6.04. The highest BCUT2D eigenvalue weighted by Crippen LogP contribution is 2.38. The maximum Gasteiger partial charge on any atom is 0.268 e. The lowest BCUT2D eigenvalue weighted by molar-refractivity contribution is -0.870. The number of phosphoric ester groups is 1. The van der Waals surface area contributed by atoms with Crippen LogP contribution in [0.15, 0.2) is 0 Å². The second kappa shape index (κ2) is 32.4. The summed E-state index contributed by atoms with van der Waals surface area (Å²) < 4.78 is 23.0. The van der Waals surface area contributed by atoms with Crippen LogP contribution in [0.2, 0.25) is 0 Å². The fourth-order valence-corrected chi connectivity index (χ4v) is 6.76.